The molecule has 3 heterocycles. The first-order valence-corrected chi connectivity index (χ1v) is 9.21. The van der Waals surface area contributed by atoms with Crippen molar-refractivity contribution in [2.24, 2.45) is 11.7 Å². The van der Waals surface area contributed by atoms with Gasteiger partial charge in [-0.1, -0.05) is 0 Å². The number of aromatic amines is 1. The van der Waals surface area contributed by atoms with Crippen LogP contribution in [0.1, 0.15) is 24.8 Å². The lowest BCUT2D eigenvalue weighted by Gasteiger charge is -2.31. The maximum Gasteiger partial charge on any atom is 0.123 e. The van der Waals surface area contributed by atoms with E-state index >= 15 is 0 Å². The molecule has 1 aromatic carbocycles. The third-order valence-corrected chi connectivity index (χ3v) is 5.43. The molecule has 1 saturated heterocycles. The third kappa shape index (κ3) is 3.60. The SMILES string of the molecule is NCC1CCN(CCCc2c[nH]c3ccc(-n4cnnc4)cc23)CC1. The van der Waals surface area contributed by atoms with Crippen LogP contribution in [0, 0.1) is 5.92 Å². The van der Waals surface area contributed by atoms with Gasteiger partial charge in [-0.25, -0.2) is 0 Å². The predicted molar refractivity (Wildman–Crippen MR) is 99.8 cm³/mol. The molecular weight excluding hydrogens is 312 g/mol. The second kappa shape index (κ2) is 7.37. The zero-order valence-corrected chi connectivity index (χ0v) is 14.6. The van der Waals surface area contributed by atoms with Gasteiger partial charge >= 0.3 is 0 Å². The van der Waals surface area contributed by atoms with Crippen molar-refractivity contribution in [3.8, 4) is 5.69 Å². The fourth-order valence-electron chi connectivity index (χ4n) is 3.81. The Morgan fingerprint density at radius 1 is 1.16 bits per heavy atom. The highest BCUT2D eigenvalue weighted by molar-refractivity contribution is 5.85. The molecule has 0 bridgehead atoms. The first kappa shape index (κ1) is 16.3. The van der Waals surface area contributed by atoms with Gasteiger partial charge in [-0.3, -0.25) is 4.57 Å². The number of piperidine rings is 1. The summed E-state index contributed by atoms with van der Waals surface area (Å²) in [4.78, 5) is 5.98. The molecule has 4 rings (SSSR count). The van der Waals surface area contributed by atoms with Crippen molar-refractivity contribution in [1.29, 1.82) is 0 Å². The summed E-state index contributed by atoms with van der Waals surface area (Å²) in [5.41, 5.74) is 9.46. The van der Waals surface area contributed by atoms with Crippen LogP contribution in [0.4, 0.5) is 0 Å². The number of aryl methyl sites for hydroxylation is 1. The normalized spacial score (nSPS) is 16.7. The van der Waals surface area contributed by atoms with E-state index in [1.807, 2.05) is 4.57 Å². The molecule has 0 unspecified atom stereocenters. The van der Waals surface area contributed by atoms with E-state index in [4.69, 9.17) is 5.73 Å². The van der Waals surface area contributed by atoms with E-state index in [0.717, 1.165) is 24.6 Å². The van der Waals surface area contributed by atoms with E-state index in [2.05, 4.69) is 44.5 Å². The smallest absolute Gasteiger partial charge is 0.123 e. The first-order valence-electron chi connectivity index (χ1n) is 9.21. The fourth-order valence-corrected chi connectivity index (χ4v) is 3.81. The molecule has 6 nitrogen and oxygen atoms in total. The fraction of sp³-hybridized carbons (Fsp3) is 0.474. The summed E-state index contributed by atoms with van der Waals surface area (Å²) in [5.74, 6) is 0.737. The van der Waals surface area contributed by atoms with Crippen molar-refractivity contribution in [2.45, 2.75) is 25.7 Å². The Balaban J connectivity index is 1.39. The lowest BCUT2D eigenvalue weighted by Crippen LogP contribution is -2.36. The topological polar surface area (TPSA) is 75.8 Å². The Kier molecular flexibility index (Phi) is 4.81. The van der Waals surface area contributed by atoms with E-state index in [9.17, 15) is 0 Å². The molecule has 0 amide bonds. The van der Waals surface area contributed by atoms with Crippen molar-refractivity contribution in [3.63, 3.8) is 0 Å². The largest absolute Gasteiger partial charge is 0.361 e. The minimum Gasteiger partial charge on any atom is -0.361 e. The lowest BCUT2D eigenvalue weighted by molar-refractivity contribution is 0.186. The highest BCUT2D eigenvalue weighted by Gasteiger charge is 2.17. The van der Waals surface area contributed by atoms with Gasteiger partial charge in [0.15, 0.2) is 0 Å². The van der Waals surface area contributed by atoms with Crippen LogP contribution in [-0.2, 0) is 6.42 Å². The van der Waals surface area contributed by atoms with Crippen molar-refractivity contribution in [1.82, 2.24) is 24.6 Å². The highest BCUT2D eigenvalue weighted by atomic mass is 15.2. The summed E-state index contributed by atoms with van der Waals surface area (Å²) in [6.07, 6.45) is 10.4. The number of hydrogen-bond acceptors (Lipinski definition) is 4. The summed E-state index contributed by atoms with van der Waals surface area (Å²) in [7, 11) is 0. The van der Waals surface area contributed by atoms with Crippen LogP contribution in [-0.4, -0.2) is 50.8 Å². The molecule has 25 heavy (non-hydrogen) atoms. The average Bonchev–Trinajstić information content (AvgIpc) is 3.32. The summed E-state index contributed by atoms with van der Waals surface area (Å²) < 4.78 is 1.94. The van der Waals surface area contributed by atoms with E-state index < -0.39 is 0 Å². The first-order chi connectivity index (χ1) is 12.3. The Morgan fingerprint density at radius 2 is 1.96 bits per heavy atom. The Labute approximate surface area is 148 Å². The highest BCUT2D eigenvalue weighted by Crippen LogP contribution is 2.23. The molecule has 1 aliphatic rings. The van der Waals surface area contributed by atoms with Crippen molar-refractivity contribution in [3.05, 3.63) is 42.6 Å². The number of H-pyrrole nitrogens is 1. The zero-order chi connectivity index (χ0) is 17.1. The molecular formula is C19H26N6. The predicted octanol–water partition coefficient (Wildman–Crippen LogP) is 2.35. The number of rotatable bonds is 6. The maximum atomic E-state index is 5.78. The number of nitrogens with two attached hydrogens (primary N) is 1. The molecule has 0 atom stereocenters. The zero-order valence-electron chi connectivity index (χ0n) is 14.6. The van der Waals surface area contributed by atoms with Crippen LogP contribution in [0.5, 0.6) is 0 Å². The standard InChI is InChI=1S/C19H26N6/c20-11-15-5-8-24(9-6-15)7-1-2-16-12-21-19-4-3-17(10-18(16)19)25-13-22-23-14-25/h3-4,10,12-15,21H,1-2,5-9,11,20H2. The van der Waals surface area contributed by atoms with E-state index in [1.54, 1.807) is 12.7 Å². The summed E-state index contributed by atoms with van der Waals surface area (Å²) in [6.45, 7) is 4.42. The number of benzene rings is 1. The minimum absolute atomic E-state index is 0.737. The Morgan fingerprint density at radius 3 is 2.72 bits per heavy atom. The van der Waals surface area contributed by atoms with Gasteiger partial charge in [-0.2, -0.15) is 0 Å². The van der Waals surface area contributed by atoms with Gasteiger partial charge in [-0.15, -0.1) is 10.2 Å². The maximum absolute atomic E-state index is 5.78. The molecule has 0 radical (unpaired) electrons. The number of aromatic nitrogens is 4. The van der Waals surface area contributed by atoms with Gasteiger partial charge in [0, 0.05) is 22.8 Å². The number of nitrogens with one attached hydrogen (secondary N) is 1. The third-order valence-electron chi connectivity index (χ3n) is 5.43. The average molecular weight is 338 g/mol. The number of likely N-dealkylation sites (tertiary alicyclic amines) is 1. The van der Waals surface area contributed by atoms with Crippen LogP contribution in [0.25, 0.3) is 16.6 Å². The quantitative estimate of drug-likeness (QED) is 0.723. The van der Waals surface area contributed by atoms with Crippen LogP contribution in [0.15, 0.2) is 37.1 Å². The summed E-state index contributed by atoms with van der Waals surface area (Å²) in [6, 6.07) is 6.44. The van der Waals surface area contributed by atoms with Crippen LogP contribution >= 0.6 is 0 Å². The second-order valence-electron chi connectivity index (χ2n) is 7.04. The summed E-state index contributed by atoms with van der Waals surface area (Å²) in [5, 5.41) is 9.09. The van der Waals surface area contributed by atoms with E-state index in [-0.39, 0.29) is 0 Å². The number of nitrogens with zero attached hydrogens (tertiary/aromatic N) is 4. The molecule has 2 aromatic heterocycles. The molecule has 0 aliphatic carbocycles. The molecule has 3 aromatic rings. The van der Waals surface area contributed by atoms with Gasteiger partial charge in [0.2, 0.25) is 0 Å². The monoisotopic (exact) mass is 338 g/mol. The van der Waals surface area contributed by atoms with Crippen LogP contribution < -0.4 is 5.73 Å². The van der Waals surface area contributed by atoms with Gasteiger partial charge in [0.1, 0.15) is 12.7 Å². The van der Waals surface area contributed by atoms with Crippen LogP contribution in [0.3, 0.4) is 0 Å². The molecule has 1 fully saturated rings. The molecule has 0 spiro atoms. The number of hydrogen-bond donors (Lipinski definition) is 2. The Hall–Kier alpha value is -2.18. The number of fused-ring (bicyclic) bond motifs is 1. The van der Waals surface area contributed by atoms with Crippen LogP contribution in [0.2, 0.25) is 0 Å². The molecule has 1 aliphatic heterocycles. The lowest BCUT2D eigenvalue weighted by atomic mass is 9.97. The molecule has 3 N–H and O–H groups in total. The van der Waals surface area contributed by atoms with Crippen molar-refractivity contribution >= 4 is 10.9 Å². The van der Waals surface area contributed by atoms with E-state index in [1.165, 1.54) is 55.4 Å². The Bertz CT molecular complexity index is 799. The van der Waals surface area contributed by atoms with E-state index in [0.29, 0.717) is 0 Å². The van der Waals surface area contributed by atoms with Gasteiger partial charge in [-0.05, 0) is 81.5 Å². The molecule has 0 saturated carbocycles. The summed E-state index contributed by atoms with van der Waals surface area (Å²) >= 11 is 0. The van der Waals surface area contributed by atoms with Gasteiger partial charge in [0.25, 0.3) is 0 Å². The molecule has 132 valence electrons. The van der Waals surface area contributed by atoms with Gasteiger partial charge in [0.05, 0.1) is 0 Å². The minimum atomic E-state index is 0.737. The second-order valence-corrected chi connectivity index (χ2v) is 7.04. The molecule has 6 heteroatoms. The van der Waals surface area contributed by atoms with Crippen molar-refractivity contribution < 1.29 is 0 Å². The van der Waals surface area contributed by atoms with Crippen molar-refractivity contribution in [2.75, 3.05) is 26.2 Å². The van der Waals surface area contributed by atoms with Gasteiger partial charge < -0.3 is 15.6 Å².